The van der Waals surface area contributed by atoms with Gasteiger partial charge < -0.3 is 4.74 Å². The minimum atomic E-state index is 0.740. The van der Waals surface area contributed by atoms with Crippen molar-refractivity contribution in [2.45, 2.75) is 27.3 Å². The predicted molar refractivity (Wildman–Crippen MR) is 43.9 cm³/mol. The van der Waals surface area contributed by atoms with Gasteiger partial charge in [-0.15, -0.1) is 5.10 Å². The number of ether oxygens (including phenoxy) is 1. The average Bonchev–Trinajstić information content (AvgIpc) is 2.30. The topological polar surface area (TPSA) is 27.1 Å². The molecule has 3 nitrogen and oxygen atoms in total. The molecule has 0 saturated heterocycles. The van der Waals surface area contributed by atoms with Gasteiger partial charge in [-0.3, -0.25) is 4.68 Å². The summed E-state index contributed by atoms with van der Waals surface area (Å²) < 4.78 is 7.02. The van der Waals surface area contributed by atoms with Gasteiger partial charge in [-0.05, 0) is 20.8 Å². The zero-order valence-electron chi connectivity index (χ0n) is 7.51. The third kappa shape index (κ3) is 1.23. The van der Waals surface area contributed by atoms with Crippen molar-refractivity contribution >= 4 is 0 Å². The number of methoxy groups -OCH3 is 1. The standard InChI is InChI=1S/C8H14N2O/c1-5-10-7(3)6(2)8(9-10)11-4/h5H2,1-4H3. The summed E-state index contributed by atoms with van der Waals surface area (Å²) in [5.74, 6) is 0.740. The average molecular weight is 154 g/mol. The highest BCUT2D eigenvalue weighted by atomic mass is 16.5. The molecule has 1 heterocycles. The van der Waals surface area contributed by atoms with Crippen LogP contribution in [-0.2, 0) is 6.54 Å². The Morgan fingerprint density at radius 3 is 2.36 bits per heavy atom. The molecule has 0 amide bonds. The Kier molecular flexibility index (Phi) is 2.17. The van der Waals surface area contributed by atoms with E-state index >= 15 is 0 Å². The highest BCUT2D eigenvalue weighted by molar-refractivity contribution is 5.28. The molecule has 1 aromatic heterocycles. The molecule has 11 heavy (non-hydrogen) atoms. The van der Waals surface area contributed by atoms with Crippen LogP contribution < -0.4 is 4.74 Å². The monoisotopic (exact) mass is 154 g/mol. The highest BCUT2D eigenvalue weighted by Crippen LogP contribution is 2.18. The first-order valence-corrected chi connectivity index (χ1v) is 3.78. The van der Waals surface area contributed by atoms with E-state index in [1.807, 2.05) is 18.5 Å². The van der Waals surface area contributed by atoms with Gasteiger partial charge in [-0.25, -0.2) is 0 Å². The lowest BCUT2D eigenvalue weighted by molar-refractivity contribution is 0.387. The van der Waals surface area contributed by atoms with Crippen LogP contribution in [0.2, 0.25) is 0 Å². The number of aryl methyl sites for hydroxylation is 1. The molecule has 0 N–H and O–H groups in total. The van der Waals surface area contributed by atoms with Crippen molar-refractivity contribution in [3.8, 4) is 5.88 Å². The Morgan fingerprint density at radius 1 is 1.45 bits per heavy atom. The lowest BCUT2D eigenvalue weighted by Gasteiger charge is -1.96. The predicted octanol–water partition coefficient (Wildman–Crippen LogP) is 1.53. The van der Waals surface area contributed by atoms with E-state index in [-0.39, 0.29) is 0 Å². The van der Waals surface area contributed by atoms with Crippen molar-refractivity contribution in [2.75, 3.05) is 7.11 Å². The van der Waals surface area contributed by atoms with Gasteiger partial charge in [-0.1, -0.05) is 0 Å². The van der Waals surface area contributed by atoms with E-state index in [2.05, 4.69) is 12.0 Å². The molecule has 0 aliphatic heterocycles. The molecule has 0 radical (unpaired) electrons. The van der Waals surface area contributed by atoms with E-state index in [9.17, 15) is 0 Å². The van der Waals surface area contributed by atoms with Gasteiger partial charge in [0.05, 0.1) is 7.11 Å². The molecule has 0 fully saturated rings. The summed E-state index contributed by atoms with van der Waals surface area (Å²) >= 11 is 0. The van der Waals surface area contributed by atoms with Crippen LogP contribution in [0.3, 0.4) is 0 Å². The molecule has 0 spiro atoms. The number of rotatable bonds is 2. The van der Waals surface area contributed by atoms with Gasteiger partial charge in [0, 0.05) is 17.8 Å². The van der Waals surface area contributed by atoms with Gasteiger partial charge in [0.2, 0.25) is 5.88 Å². The maximum atomic E-state index is 5.08. The van der Waals surface area contributed by atoms with Crippen molar-refractivity contribution in [3.05, 3.63) is 11.3 Å². The lowest BCUT2D eigenvalue weighted by atomic mass is 10.3. The first-order valence-electron chi connectivity index (χ1n) is 3.78. The SMILES string of the molecule is CCn1nc(OC)c(C)c1C. The Balaban J connectivity index is 3.12. The van der Waals surface area contributed by atoms with Crippen LogP contribution in [0.4, 0.5) is 0 Å². The molecule has 62 valence electrons. The van der Waals surface area contributed by atoms with Crippen LogP contribution >= 0.6 is 0 Å². The fourth-order valence-corrected chi connectivity index (χ4v) is 1.11. The maximum absolute atomic E-state index is 5.08. The summed E-state index contributed by atoms with van der Waals surface area (Å²) in [7, 11) is 1.65. The van der Waals surface area contributed by atoms with Crippen LogP contribution in [0.15, 0.2) is 0 Å². The number of hydrogen-bond donors (Lipinski definition) is 0. The lowest BCUT2D eigenvalue weighted by Crippen LogP contribution is -1.98. The Bertz CT molecular complexity index is 228. The van der Waals surface area contributed by atoms with Crippen molar-refractivity contribution < 1.29 is 4.74 Å². The summed E-state index contributed by atoms with van der Waals surface area (Å²) in [5.41, 5.74) is 2.32. The van der Waals surface area contributed by atoms with Crippen LogP contribution in [-0.4, -0.2) is 16.9 Å². The third-order valence-electron chi connectivity index (χ3n) is 1.96. The Labute approximate surface area is 67.0 Å². The Hall–Kier alpha value is -0.990. The number of nitrogens with zero attached hydrogens (tertiary/aromatic N) is 2. The minimum Gasteiger partial charge on any atom is -0.480 e. The zero-order valence-corrected chi connectivity index (χ0v) is 7.51. The van der Waals surface area contributed by atoms with Gasteiger partial charge in [0.25, 0.3) is 0 Å². The number of aromatic nitrogens is 2. The van der Waals surface area contributed by atoms with E-state index in [1.165, 1.54) is 5.69 Å². The van der Waals surface area contributed by atoms with Crippen molar-refractivity contribution in [1.29, 1.82) is 0 Å². The van der Waals surface area contributed by atoms with E-state index in [0.717, 1.165) is 18.0 Å². The highest BCUT2D eigenvalue weighted by Gasteiger charge is 2.08. The molecule has 0 atom stereocenters. The first-order chi connectivity index (χ1) is 5.20. The summed E-state index contributed by atoms with van der Waals surface area (Å²) in [6.07, 6.45) is 0. The molecule has 0 bridgehead atoms. The largest absolute Gasteiger partial charge is 0.480 e. The third-order valence-corrected chi connectivity index (χ3v) is 1.96. The molecule has 0 unspecified atom stereocenters. The molecule has 0 saturated carbocycles. The molecule has 1 rings (SSSR count). The molecule has 1 aromatic rings. The molecule has 0 aromatic carbocycles. The Morgan fingerprint density at radius 2 is 2.09 bits per heavy atom. The molecular weight excluding hydrogens is 140 g/mol. The second kappa shape index (κ2) is 2.95. The van der Waals surface area contributed by atoms with Crippen molar-refractivity contribution in [1.82, 2.24) is 9.78 Å². The summed E-state index contributed by atoms with van der Waals surface area (Å²) in [4.78, 5) is 0. The normalized spacial score (nSPS) is 10.2. The van der Waals surface area contributed by atoms with Crippen LogP contribution in [0.1, 0.15) is 18.2 Å². The fraction of sp³-hybridized carbons (Fsp3) is 0.625. The van der Waals surface area contributed by atoms with Gasteiger partial charge in [-0.2, -0.15) is 0 Å². The summed E-state index contributed by atoms with van der Waals surface area (Å²) in [6, 6.07) is 0. The summed E-state index contributed by atoms with van der Waals surface area (Å²) in [5, 5.41) is 4.24. The smallest absolute Gasteiger partial charge is 0.235 e. The number of hydrogen-bond acceptors (Lipinski definition) is 2. The molecular formula is C8H14N2O. The maximum Gasteiger partial charge on any atom is 0.235 e. The molecule has 0 aliphatic rings. The van der Waals surface area contributed by atoms with Gasteiger partial charge in [0.1, 0.15) is 0 Å². The van der Waals surface area contributed by atoms with E-state index in [1.54, 1.807) is 7.11 Å². The fourth-order valence-electron chi connectivity index (χ4n) is 1.11. The van der Waals surface area contributed by atoms with Crippen LogP contribution in [0.5, 0.6) is 5.88 Å². The first kappa shape index (κ1) is 8.11. The zero-order chi connectivity index (χ0) is 8.43. The quantitative estimate of drug-likeness (QED) is 0.646. The van der Waals surface area contributed by atoms with Crippen molar-refractivity contribution in [3.63, 3.8) is 0 Å². The van der Waals surface area contributed by atoms with E-state index < -0.39 is 0 Å². The van der Waals surface area contributed by atoms with Crippen molar-refractivity contribution in [2.24, 2.45) is 0 Å². The molecule has 0 aliphatic carbocycles. The summed E-state index contributed by atoms with van der Waals surface area (Å²) in [6.45, 7) is 7.04. The minimum absolute atomic E-state index is 0.740. The van der Waals surface area contributed by atoms with Crippen LogP contribution in [0.25, 0.3) is 0 Å². The van der Waals surface area contributed by atoms with Crippen LogP contribution in [0, 0.1) is 13.8 Å². The van der Waals surface area contributed by atoms with Gasteiger partial charge >= 0.3 is 0 Å². The van der Waals surface area contributed by atoms with E-state index in [0.29, 0.717) is 0 Å². The second-order valence-corrected chi connectivity index (χ2v) is 2.54. The second-order valence-electron chi connectivity index (χ2n) is 2.54. The van der Waals surface area contributed by atoms with Gasteiger partial charge in [0.15, 0.2) is 0 Å². The molecule has 3 heteroatoms. The van der Waals surface area contributed by atoms with E-state index in [4.69, 9.17) is 4.74 Å².